The highest BCUT2D eigenvalue weighted by molar-refractivity contribution is 5.88. The molecule has 0 radical (unpaired) electrons. The van der Waals surface area contributed by atoms with Gasteiger partial charge in [-0.25, -0.2) is 9.78 Å². The standard InChI is InChI=1S/C15H22N2O2/c1-14(2,3)11-7-10(13(18)19)8-12(17-11)16-9-15(4)5-6-15/h7-8H,5-6,9H2,1-4H3,(H,16,17)(H,18,19). The summed E-state index contributed by atoms with van der Waals surface area (Å²) in [5, 5.41) is 12.5. The molecule has 1 saturated carbocycles. The lowest BCUT2D eigenvalue weighted by Crippen LogP contribution is -2.18. The fourth-order valence-corrected chi connectivity index (χ4v) is 1.82. The van der Waals surface area contributed by atoms with Crippen molar-refractivity contribution in [2.75, 3.05) is 11.9 Å². The highest BCUT2D eigenvalue weighted by atomic mass is 16.4. The topological polar surface area (TPSA) is 62.2 Å². The molecule has 0 atom stereocenters. The number of aromatic nitrogens is 1. The molecule has 19 heavy (non-hydrogen) atoms. The number of nitrogens with zero attached hydrogens (tertiary/aromatic N) is 1. The van der Waals surface area contributed by atoms with Crippen molar-refractivity contribution >= 4 is 11.8 Å². The van der Waals surface area contributed by atoms with Crippen molar-refractivity contribution in [3.8, 4) is 0 Å². The summed E-state index contributed by atoms with van der Waals surface area (Å²) in [6, 6.07) is 3.27. The van der Waals surface area contributed by atoms with Crippen molar-refractivity contribution in [3.05, 3.63) is 23.4 Å². The molecule has 1 aromatic heterocycles. The first-order valence-electron chi connectivity index (χ1n) is 6.69. The Labute approximate surface area is 114 Å². The normalized spacial score (nSPS) is 17.1. The highest BCUT2D eigenvalue weighted by Crippen LogP contribution is 2.44. The molecule has 1 aromatic rings. The molecular weight excluding hydrogens is 240 g/mol. The van der Waals surface area contributed by atoms with Crippen LogP contribution in [0.3, 0.4) is 0 Å². The molecule has 0 aliphatic heterocycles. The van der Waals surface area contributed by atoms with E-state index < -0.39 is 5.97 Å². The zero-order valence-electron chi connectivity index (χ0n) is 12.1. The zero-order chi connectivity index (χ0) is 14.3. The average Bonchev–Trinajstić information content (AvgIpc) is 3.04. The molecule has 0 bridgehead atoms. The third-order valence-corrected chi connectivity index (χ3v) is 3.64. The van der Waals surface area contributed by atoms with E-state index in [0.717, 1.165) is 12.2 Å². The number of anilines is 1. The molecule has 1 aliphatic rings. The number of nitrogens with one attached hydrogen (secondary N) is 1. The number of carboxylic acids is 1. The quantitative estimate of drug-likeness (QED) is 0.874. The van der Waals surface area contributed by atoms with Gasteiger partial charge in [-0.05, 0) is 30.4 Å². The Morgan fingerprint density at radius 3 is 2.53 bits per heavy atom. The Hall–Kier alpha value is -1.58. The van der Waals surface area contributed by atoms with Crippen LogP contribution in [0, 0.1) is 5.41 Å². The van der Waals surface area contributed by atoms with Gasteiger partial charge in [0.1, 0.15) is 5.82 Å². The van der Waals surface area contributed by atoms with Gasteiger partial charge in [0.2, 0.25) is 0 Å². The Bertz CT molecular complexity index is 499. The molecule has 104 valence electrons. The van der Waals surface area contributed by atoms with Crippen molar-refractivity contribution in [1.82, 2.24) is 4.98 Å². The number of aromatic carboxylic acids is 1. The van der Waals surface area contributed by atoms with Crippen LogP contribution in [0.1, 0.15) is 56.6 Å². The summed E-state index contributed by atoms with van der Waals surface area (Å²) < 4.78 is 0. The summed E-state index contributed by atoms with van der Waals surface area (Å²) in [5.41, 5.74) is 1.30. The van der Waals surface area contributed by atoms with Crippen LogP contribution < -0.4 is 5.32 Å². The van der Waals surface area contributed by atoms with Gasteiger partial charge in [0.15, 0.2) is 0 Å². The summed E-state index contributed by atoms with van der Waals surface area (Å²) in [5.74, 6) is -0.244. The summed E-state index contributed by atoms with van der Waals surface area (Å²) in [7, 11) is 0. The van der Waals surface area contributed by atoms with Crippen molar-refractivity contribution < 1.29 is 9.90 Å². The number of hydrogen-bond acceptors (Lipinski definition) is 3. The first kappa shape index (κ1) is 13.8. The number of rotatable bonds is 4. The van der Waals surface area contributed by atoms with E-state index in [1.165, 1.54) is 12.8 Å². The van der Waals surface area contributed by atoms with E-state index in [1.54, 1.807) is 12.1 Å². The van der Waals surface area contributed by atoms with E-state index in [9.17, 15) is 9.90 Å². The fraction of sp³-hybridized carbons (Fsp3) is 0.600. The summed E-state index contributed by atoms with van der Waals surface area (Å²) >= 11 is 0. The van der Waals surface area contributed by atoms with Crippen LogP contribution in [0.25, 0.3) is 0 Å². The van der Waals surface area contributed by atoms with Crippen molar-refractivity contribution in [1.29, 1.82) is 0 Å². The van der Waals surface area contributed by atoms with Gasteiger partial charge in [-0.1, -0.05) is 27.7 Å². The fourth-order valence-electron chi connectivity index (χ4n) is 1.82. The number of carbonyl (C=O) groups is 1. The SMILES string of the molecule is CC1(CNc2cc(C(=O)O)cc(C(C)(C)C)n2)CC1. The zero-order valence-corrected chi connectivity index (χ0v) is 12.1. The number of pyridine rings is 1. The van der Waals surface area contributed by atoms with Crippen molar-refractivity contribution in [2.45, 2.75) is 46.0 Å². The largest absolute Gasteiger partial charge is 0.478 e. The molecule has 0 aromatic carbocycles. The third-order valence-electron chi connectivity index (χ3n) is 3.64. The molecule has 0 saturated heterocycles. The number of hydrogen-bond donors (Lipinski definition) is 2. The van der Waals surface area contributed by atoms with Gasteiger partial charge < -0.3 is 10.4 Å². The maximum atomic E-state index is 11.2. The van der Waals surface area contributed by atoms with Gasteiger partial charge in [0, 0.05) is 17.7 Å². The van der Waals surface area contributed by atoms with Gasteiger partial charge in [-0.2, -0.15) is 0 Å². The predicted molar refractivity (Wildman–Crippen MR) is 75.7 cm³/mol. The average molecular weight is 262 g/mol. The molecule has 0 amide bonds. The highest BCUT2D eigenvalue weighted by Gasteiger charge is 2.36. The van der Waals surface area contributed by atoms with Gasteiger partial charge in [-0.15, -0.1) is 0 Å². The third kappa shape index (κ3) is 3.46. The minimum absolute atomic E-state index is 0.161. The monoisotopic (exact) mass is 262 g/mol. The summed E-state index contributed by atoms with van der Waals surface area (Å²) in [6.45, 7) is 9.19. The van der Waals surface area contributed by atoms with Crippen LogP contribution in [-0.4, -0.2) is 22.6 Å². The predicted octanol–water partition coefficient (Wildman–Crippen LogP) is 3.29. The maximum absolute atomic E-state index is 11.2. The molecule has 4 nitrogen and oxygen atoms in total. The maximum Gasteiger partial charge on any atom is 0.335 e. The van der Waals surface area contributed by atoms with E-state index in [1.807, 2.05) is 20.8 Å². The molecule has 1 heterocycles. The van der Waals surface area contributed by atoms with Crippen LogP contribution in [0.15, 0.2) is 12.1 Å². The van der Waals surface area contributed by atoms with Gasteiger partial charge in [-0.3, -0.25) is 0 Å². The summed E-state index contributed by atoms with van der Waals surface area (Å²) in [4.78, 5) is 15.7. The molecule has 2 N–H and O–H groups in total. The Morgan fingerprint density at radius 1 is 1.42 bits per heavy atom. The second kappa shape index (κ2) is 4.51. The molecule has 0 spiro atoms. The lowest BCUT2D eigenvalue weighted by Gasteiger charge is -2.20. The first-order chi connectivity index (χ1) is 8.70. The molecular formula is C15H22N2O2. The van der Waals surface area contributed by atoms with E-state index >= 15 is 0 Å². The van der Waals surface area contributed by atoms with E-state index in [2.05, 4.69) is 17.2 Å². The summed E-state index contributed by atoms with van der Waals surface area (Å²) in [6.07, 6.45) is 2.45. The van der Waals surface area contributed by atoms with Crippen LogP contribution in [0.5, 0.6) is 0 Å². The molecule has 1 aliphatic carbocycles. The van der Waals surface area contributed by atoms with Crippen LogP contribution in [0.2, 0.25) is 0 Å². The Morgan fingerprint density at radius 2 is 2.05 bits per heavy atom. The lowest BCUT2D eigenvalue weighted by atomic mass is 9.90. The van der Waals surface area contributed by atoms with Gasteiger partial charge in [0.05, 0.1) is 5.56 Å². The lowest BCUT2D eigenvalue weighted by molar-refractivity contribution is 0.0696. The minimum atomic E-state index is -0.909. The van der Waals surface area contributed by atoms with Gasteiger partial charge in [0.25, 0.3) is 0 Å². The number of carboxylic acid groups (broad SMARTS) is 1. The molecule has 2 rings (SSSR count). The van der Waals surface area contributed by atoms with Crippen LogP contribution in [-0.2, 0) is 5.41 Å². The Kier molecular flexibility index (Phi) is 3.29. The van der Waals surface area contributed by atoms with E-state index in [-0.39, 0.29) is 5.41 Å². The molecule has 0 unspecified atom stereocenters. The first-order valence-corrected chi connectivity index (χ1v) is 6.69. The molecule has 1 fully saturated rings. The minimum Gasteiger partial charge on any atom is -0.478 e. The Balaban J connectivity index is 2.26. The van der Waals surface area contributed by atoms with Crippen molar-refractivity contribution in [2.24, 2.45) is 5.41 Å². The second-order valence-corrected chi connectivity index (χ2v) is 6.85. The van der Waals surface area contributed by atoms with E-state index in [4.69, 9.17) is 0 Å². The smallest absolute Gasteiger partial charge is 0.335 e. The van der Waals surface area contributed by atoms with Crippen LogP contribution >= 0.6 is 0 Å². The second-order valence-electron chi connectivity index (χ2n) is 6.85. The molecule has 4 heteroatoms. The van der Waals surface area contributed by atoms with Crippen molar-refractivity contribution in [3.63, 3.8) is 0 Å². The van der Waals surface area contributed by atoms with Gasteiger partial charge >= 0.3 is 5.97 Å². The van der Waals surface area contributed by atoms with Crippen LogP contribution in [0.4, 0.5) is 5.82 Å². The van der Waals surface area contributed by atoms with E-state index in [0.29, 0.717) is 16.8 Å².